The van der Waals surface area contributed by atoms with Crippen LogP contribution in [0.5, 0.6) is 0 Å². The van der Waals surface area contributed by atoms with Gasteiger partial charge >= 0.3 is 0 Å². The maximum atomic E-state index is 12.4. The summed E-state index contributed by atoms with van der Waals surface area (Å²) in [5.41, 5.74) is 12.5. The van der Waals surface area contributed by atoms with E-state index >= 15 is 0 Å². The second-order valence-electron chi connectivity index (χ2n) is 8.95. The van der Waals surface area contributed by atoms with Gasteiger partial charge in [0, 0.05) is 59.3 Å². The number of benzene rings is 2. The smallest absolute Gasteiger partial charge is 0.251 e. The minimum atomic E-state index is -0.293. The molecule has 8 nitrogen and oxygen atoms in total. The first-order chi connectivity index (χ1) is 18.7. The van der Waals surface area contributed by atoms with Gasteiger partial charge < -0.3 is 16.4 Å². The van der Waals surface area contributed by atoms with Crippen molar-refractivity contribution in [1.29, 1.82) is 0 Å². The van der Waals surface area contributed by atoms with Gasteiger partial charge in [0.05, 0.1) is 5.69 Å². The number of hydrogen-bond donors (Lipinski definition) is 3. The second-order valence-corrected chi connectivity index (χ2v) is 8.95. The molecule has 0 fully saturated rings. The van der Waals surface area contributed by atoms with Gasteiger partial charge in [-0.15, -0.1) is 0 Å². The van der Waals surface area contributed by atoms with Gasteiger partial charge in [-0.05, 0) is 54.1 Å². The van der Waals surface area contributed by atoms with Crippen molar-refractivity contribution in [3.8, 4) is 11.1 Å². The van der Waals surface area contributed by atoms with Crippen LogP contribution in [0.3, 0.4) is 0 Å². The van der Waals surface area contributed by atoms with Crippen LogP contribution in [0.15, 0.2) is 110 Å². The van der Waals surface area contributed by atoms with Crippen molar-refractivity contribution in [2.75, 3.05) is 16.0 Å². The third-order valence-electron chi connectivity index (χ3n) is 6.51. The minimum absolute atomic E-state index is 0.104. The predicted octanol–water partition coefficient (Wildman–Crippen LogP) is 5.31. The minimum Gasteiger partial charge on any atom is -0.383 e. The molecule has 186 valence electrons. The average molecular weight is 500 g/mol. The maximum Gasteiger partial charge on any atom is 0.251 e. The van der Waals surface area contributed by atoms with Gasteiger partial charge in [0.2, 0.25) is 0 Å². The van der Waals surface area contributed by atoms with Crippen LogP contribution in [0.4, 0.5) is 23.0 Å². The fourth-order valence-electron chi connectivity index (χ4n) is 4.58. The molecule has 1 atom stereocenters. The fourth-order valence-corrected chi connectivity index (χ4v) is 4.58. The summed E-state index contributed by atoms with van der Waals surface area (Å²) in [7, 11) is 0. The molecule has 1 unspecified atom stereocenters. The van der Waals surface area contributed by atoms with Gasteiger partial charge in [-0.25, -0.2) is 9.97 Å². The van der Waals surface area contributed by atoms with E-state index in [-0.39, 0.29) is 12.1 Å². The highest BCUT2D eigenvalue weighted by atomic mass is 16.1. The molecule has 38 heavy (non-hydrogen) atoms. The van der Waals surface area contributed by atoms with Gasteiger partial charge in [-0.3, -0.25) is 14.7 Å². The van der Waals surface area contributed by atoms with Crippen molar-refractivity contribution < 1.29 is 4.79 Å². The number of carbonyl (C=O) groups excluding carboxylic acids is 1. The highest BCUT2D eigenvalue weighted by Crippen LogP contribution is 2.46. The molecule has 1 aliphatic rings. The van der Waals surface area contributed by atoms with E-state index in [1.54, 1.807) is 24.5 Å². The summed E-state index contributed by atoms with van der Waals surface area (Å²) in [6.45, 7) is 0.425. The Morgan fingerprint density at radius 2 is 1.71 bits per heavy atom. The number of nitrogens with zero attached hydrogens (tertiary/aromatic N) is 4. The van der Waals surface area contributed by atoms with E-state index in [2.05, 4.69) is 31.6 Å². The SMILES string of the molecule is Nc1ncccc1C1Nc2cc(-c3cccnc3)cnc2N1c1ccc(CNC(=O)c2ccccc2)cc1. The number of pyridine rings is 3. The number of aromatic nitrogens is 3. The van der Waals surface area contributed by atoms with Crippen LogP contribution < -0.4 is 21.3 Å². The zero-order chi connectivity index (χ0) is 25.9. The van der Waals surface area contributed by atoms with Crippen molar-refractivity contribution in [2.24, 2.45) is 0 Å². The second kappa shape index (κ2) is 10.0. The van der Waals surface area contributed by atoms with Gasteiger partial charge in [-0.2, -0.15) is 0 Å². The van der Waals surface area contributed by atoms with Crippen LogP contribution in [0.25, 0.3) is 11.1 Å². The van der Waals surface area contributed by atoms with Crippen molar-refractivity contribution >= 4 is 28.9 Å². The largest absolute Gasteiger partial charge is 0.383 e. The summed E-state index contributed by atoms with van der Waals surface area (Å²) >= 11 is 0. The molecule has 0 bridgehead atoms. The number of nitrogen functional groups attached to an aromatic ring is 1. The lowest BCUT2D eigenvalue weighted by Gasteiger charge is -2.27. The molecule has 0 saturated carbocycles. The predicted molar refractivity (Wildman–Crippen MR) is 149 cm³/mol. The van der Waals surface area contributed by atoms with E-state index in [0.717, 1.165) is 39.4 Å². The first-order valence-corrected chi connectivity index (χ1v) is 12.3. The van der Waals surface area contributed by atoms with Crippen LogP contribution in [-0.4, -0.2) is 20.9 Å². The van der Waals surface area contributed by atoms with E-state index in [0.29, 0.717) is 17.9 Å². The Labute approximate surface area is 220 Å². The third kappa shape index (κ3) is 4.51. The number of amides is 1. The Hall–Kier alpha value is -5.24. The summed E-state index contributed by atoms with van der Waals surface area (Å²) in [6, 6.07) is 27.1. The van der Waals surface area contributed by atoms with Crippen LogP contribution in [0.2, 0.25) is 0 Å². The molecule has 0 saturated heterocycles. The molecule has 0 spiro atoms. The van der Waals surface area contributed by atoms with Crippen molar-refractivity contribution in [3.05, 3.63) is 126 Å². The Kier molecular flexibility index (Phi) is 6.11. The normalized spacial score (nSPS) is 14.0. The quantitative estimate of drug-likeness (QED) is 0.290. The molecule has 0 radical (unpaired) electrons. The molecule has 8 heteroatoms. The maximum absolute atomic E-state index is 12.4. The van der Waals surface area contributed by atoms with Crippen LogP contribution >= 0.6 is 0 Å². The van der Waals surface area contributed by atoms with Gasteiger partial charge in [0.15, 0.2) is 5.82 Å². The van der Waals surface area contributed by atoms with Crippen molar-refractivity contribution in [1.82, 2.24) is 20.3 Å². The summed E-state index contributed by atoms with van der Waals surface area (Å²) in [5, 5.41) is 6.57. The Morgan fingerprint density at radius 3 is 2.47 bits per heavy atom. The standard InChI is InChI=1S/C30H25N7O/c31-27-25(9-5-15-33-27)28-36-26-16-23(22-8-4-14-32-18-22)19-34-29(26)37(28)24-12-10-20(11-13-24)17-35-30(38)21-6-2-1-3-7-21/h1-16,18-19,28,36H,17H2,(H2,31,33)(H,35,38). The van der Waals surface area contributed by atoms with Gasteiger partial charge in [0.1, 0.15) is 12.0 Å². The van der Waals surface area contributed by atoms with Crippen molar-refractivity contribution in [3.63, 3.8) is 0 Å². The fraction of sp³-hybridized carbons (Fsp3) is 0.0667. The monoisotopic (exact) mass is 499 g/mol. The number of anilines is 4. The van der Waals surface area contributed by atoms with Crippen LogP contribution in [0.1, 0.15) is 27.7 Å². The van der Waals surface area contributed by atoms with Gasteiger partial charge in [0.25, 0.3) is 5.91 Å². The molecule has 0 aliphatic carbocycles. The number of carbonyl (C=O) groups is 1. The first-order valence-electron chi connectivity index (χ1n) is 12.3. The van der Waals surface area contributed by atoms with Crippen LogP contribution in [-0.2, 0) is 6.54 Å². The molecule has 4 heterocycles. The molecular formula is C30H25N7O. The van der Waals surface area contributed by atoms with E-state index < -0.39 is 0 Å². The molecule has 5 aromatic rings. The Bertz CT molecular complexity index is 1570. The molecule has 6 rings (SSSR count). The van der Waals surface area contributed by atoms with E-state index in [1.165, 1.54) is 0 Å². The molecule has 3 aromatic heterocycles. The van der Waals surface area contributed by atoms with E-state index in [4.69, 9.17) is 10.7 Å². The number of fused-ring (bicyclic) bond motifs is 1. The molecule has 1 amide bonds. The number of nitrogens with two attached hydrogens (primary N) is 1. The highest BCUT2D eigenvalue weighted by molar-refractivity contribution is 5.94. The highest BCUT2D eigenvalue weighted by Gasteiger charge is 2.34. The summed E-state index contributed by atoms with van der Waals surface area (Å²) < 4.78 is 0. The van der Waals surface area contributed by atoms with Gasteiger partial charge in [-0.1, -0.05) is 36.4 Å². The molecule has 4 N–H and O–H groups in total. The summed E-state index contributed by atoms with van der Waals surface area (Å²) in [6.07, 6.45) is 6.82. The van der Waals surface area contributed by atoms with Crippen LogP contribution in [0, 0.1) is 0 Å². The number of rotatable bonds is 6. The zero-order valence-corrected chi connectivity index (χ0v) is 20.5. The Morgan fingerprint density at radius 1 is 0.895 bits per heavy atom. The molecular weight excluding hydrogens is 474 g/mol. The summed E-state index contributed by atoms with van der Waals surface area (Å²) in [5.74, 6) is 1.14. The lowest BCUT2D eigenvalue weighted by molar-refractivity contribution is 0.0951. The lowest BCUT2D eigenvalue weighted by Crippen LogP contribution is -2.25. The Balaban J connectivity index is 1.30. The molecule has 1 aliphatic heterocycles. The number of hydrogen-bond acceptors (Lipinski definition) is 7. The summed E-state index contributed by atoms with van der Waals surface area (Å²) in [4.78, 5) is 27.9. The van der Waals surface area contributed by atoms with E-state index in [1.807, 2.05) is 79.1 Å². The zero-order valence-electron chi connectivity index (χ0n) is 20.5. The lowest BCUT2D eigenvalue weighted by atomic mass is 10.1. The topological polar surface area (TPSA) is 109 Å². The number of nitrogens with one attached hydrogen (secondary N) is 2. The third-order valence-corrected chi connectivity index (χ3v) is 6.51. The average Bonchev–Trinajstić information content (AvgIpc) is 3.36. The first kappa shape index (κ1) is 23.2. The molecule has 2 aromatic carbocycles. The van der Waals surface area contributed by atoms with E-state index in [9.17, 15) is 4.79 Å². The van der Waals surface area contributed by atoms with Crippen molar-refractivity contribution in [2.45, 2.75) is 12.7 Å².